The third-order valence-electron chi connectivity index (χ3n) is 8.99. The van der Waals surface area contributed by atoms with Crippen LogP contribution >= 0.6 is 23.2 Å². The highest BCUT2D eigenvalue weighted by molar-refractivity contribution is 6.42. The number of quaternary nitrogens is 1. The number of amides is 1. The number of ether oxygens (including phenoxy) is 2. The molecule has 222 valence electrons. The second kappa shape index (κ2) is 12.9. The molecule has 2 aromatic rings. The summed E-state index contributed by atoms with van der Waals surface area (Å²) >= 11 is 12.3. The molecular weight excluding hydrogens is 559 g/mol. The molecular formula is C33H43Cl2N2O4+. The van der Waals surface area contributed by atoms with Gasteiger partial charge in [-0.2, -0.15) is 0 Å². The summed E-state index contributed by atoms with van der Waals surface area (Å²) in [5, 5.41) is 4.23. The number of nitrogens with one attached hydrogen (secondary N) is 1. The number of esters is 1. The quantitative estimate of drug-likeness (QED) is 0.146. The molecule has 2 aromatic carbocycles. The summed E-state index contributed by atoms with van der Waals surface area (Å²) in [5.41, 5.74) is 1.07. The van der Waals surface area contributed by atoms with Gasteiger partial charge in [-0.05, 0) is 60.7 Å². The molecule has 1 amide bonds. The van der Waals surface area contributed by atoms with Gasteiger partial charge in [0.25, 0.3) is 0 Å². The van der Waals surface area contributed by atoms with Crippen LogP contribution in [0, 0.1) is 5.92 Å². The Kier molecular flexibility index (Phi) is 9.90. The average molecular weight is 603 g/mol. The van der Waals surface area contributed by atoms with Crippen molar-refractivity contribution in [2.45, 2.75) is 69.9 Å². The Morgan fingerprint density at radius 1 is 1.17 bits per heavy atom. The van der Waals surface area contributed by atoms with Crippen molar-refractivity contribution in [3.8, 4) is 5.75 Å². The van der Waals surface area contributed by atoms with Gasteiger partial charge < -0.3 is 19.3 Å². The highest BCUT2D eigenvalue weighted by Gasteiger charge is 2.63. The van der Waals surface area contributed by atoms with E-state index in [-0.39, 0.29) is 29.8 Å². The van der Waals surface area contributed by atoms with Gasteiger partial charge in [0, 0.05) is 37.8 Å². The third kappa shape index (κ3) is 6.83. The molecule has 0 radical (unpaired) electrons. The minimum atomic E-state index is -0.455. The first-order valence-electron chi connectivity index (χ1n) is 14.5. The molecule has 4 rings (SSSR count). The van der Waals surface area contributed by atoms with Crippen LogP contribution in [0.5, 0.6) is 5.75 Å². The van der Waals surface area contributed by atoms with Gasteiger partial charge in [0.15, 0.2) is 0 Å². The lowest BCUT2D eigenvalue weighted by Gasteiger charge is -2.62. The van der Waals surface area contributed by atoms with E-state index in [1.165, 1.54) is 6.92 Å². The molecule has 41 heavy (non-hydrogen) atoms. The van der Waals surface area contributed by atoms with E-state index >= 15 is 0 Å². The fraction of sp³-hybridized carbons (Fsp3) is 0.515. The summed E-state index contributed by atoms with van der Waals surface area (Å²) in [5.74, 6) is 0.658. The van der Waals surface area contributed by atoms with Crippen LogP contribution in [0.1, 0.15) is 57.6 Å². The van der Waals surface area contributed by atoms with Crippen LogP contribution in [0.3, 0.4) is 0 Å². The molecule has 8 heteroatoms. The number of piperidine rings is 1. The van der Waals surface area contributed by atoms with Crippen LogP contribution in [0.4, 0.5) is 0 Å². The minimum Gasteiger partial charge on any atom is -0.427 e. The number of rotatable bonds is 10. The minimum absolute atomic E-state index is 0.0320. The van der Waals surface area contributed by atoms with Crippen LogP contribution in [0.15, 0.2) is 55.1 Å². The topological polar surface area (TPSA) is 64.6 Å². The van der Waals surface area contributed by atoms with Gasteiger partial charge in [-0.15, -0.1) is 0 Å². The first-order valence-corrected chi connectivity index (χ1v) is 15.2. The Balaban J connectivity index is 1.68. The first kappa shape index (κ1) is 31.6. The number of fused-ring (bicyclic) bond motifs is 1. The smallest absolute Gasteiger partial charge is 0.308 e. The van der Waals surface area contributed by atoms with Crippen molar-refractivity contribution in [1.82, 2.24) is 5.32 Å². The Morgan fingerprint density at radius 3 is 2.61 bits per heavy atom. The summed E-state index contributed by atoms with van der Waals surface area (Å²) in [4.78, 5) is 25.0. The van der Waals surface area contributed by atoms with Crippen molar-refractivity contribution in [2.24, 2.45) is 5.92 Å². The molecule has 0 aromatic heterocycles. The van der Waals surface area contributed by atoms with E-state index in [2.05, 4.69) is 31.8 Å². The highest BCUT2D eigenvalue weighted by atomic mass is 35.5. The summed E-state index contributed by atoms with van der Waals surface area (Å²) in [6.45, 7) is 13.8. The van der Waals surface area contributed by atoms with Gasteiger partial charge in [0.05, 0.1) is 36.1 Å². The van der Waals surface area contributed by atoms with E-state index in [9.17, 15) is 9.59 Å². The van der Waals surface area contributed by atoms with Crippen LogP contribution in [-0.4, -0.2) is 61.3 Å². The molecule has 4 atom stereocenters. The number of likely N-dealkylation sites (tertiary alicyclic amines) is 1. The maximum absolute atomic E-state index is 13.2. The Hall–Kier alpha value is -2.38. The highest BCUT2D eigenvalue weighted by Crippen LogP contribution is 2.55. The van der Waals surface area contributed by atoms with E-state index < -0.39 is 5.60 Å². The predicted molar refractivity (Wildman–Crippen MR) is 164 cm³/mol. The molecule has 1 aliphatic heterocycles. The number of halogens is 2. The predicted octanol–water partition coefficient (Wildman–Crippen LogP) is 6.52. The number of hydrogen-bond acceptors (Lipinski definition) is 4. The number of hydrogen-bond donors (Lipinski definition) is 1. The summed E-state index contributed by atoms with van der Waals surface area (Å²) in [6, 6.07) is 13.1. The molecule has 2 fully saturated rings. The van der Waals surface area contributed by atoms with Gasteiger partial charge in [0.1, 0.15) is 17.9 Å². The van der Waals surface area contributed by atoms with E-state index in [1.54, 1.807) is 12.1 Å². The molecule has 1 unspecified atom stereocenters. The van der Waals surface area contributed by atoms with Gasteiger partial charge >= 0.3 is 5.97 Å². The maximum Gasteiger partial charge on any atom is 0.308 e. The Labute approximate surface area is 254 Å². The molecule has 1 saturated heterocycles. The summed E-state index contributed by atoms with van der Waals surface area (Å²) in [6.07, 6.45) is 5.48. The zero-order chi connectivity index (χ0) is 29.8. The lowest BCUT2D eigenvalue weighted by molar-refractivity contribution is -0.938. The monoisotopic (exact) mass is 601 g/mol. The molecule has 6 nitrogen and oxygen atoms in total. The molecule has 1 N–H and O–H groups in total. The second-order valence-electron chi connectivity index (χ2n) is 12.4. The number of methoxy groups -OCH3 is 1. The number of carbonyl (C=O) groups is 2. The third-order valence-corrected chi connectivity index (χ3v) is 9.73. The molecule has 2 aliphatic rings. The zero-order valence-corrected chi connectivity index (χ0v) is 26.2. The molecule has 0 bridgehead atoms. The van der Waals surface area contributed by atoms with E-state index in [4.69, 9.17) is 32.7 Å². The van der Waals surface area contributed by atoms with Crippen molar-refractivity contribution < 1.29 is 23.5 Å². The SMILES string of the molecule is C=CC[N@@+]1(CC(C)C)CC[C@]2(c3cccc(OC(C)=O)c3)C[C@H](NC(=O)Cc3ccc(Cl)c(Cl)c3)CCC2(OC)C1. The maximum atomic E-state index is 13.2. The van der Waals surface area contributed by atoms with Gasteiger partial charge in [-0.3, -0.25) is 9.59 Å². The molecule has 0 spiro atoms. The lowest BCUT2D eigenvalue weighted by Crippen LogP contribution is -2.73. The molecule has 1 saturated carbocycles. The zero-order valence-electron chi connectivity index (χ0n) is 24.7. The Bertz CT molecular complexity index is 1280. The van der Waals surface area contributed by atoms with Crippen LogP contribution in [0.2, 0.25) is 10.0 Å². The fourth-order valence-corrected chi connectivity index (χ4v) is 7.87. The largest absolute Gasteiger partial charge is 0.427 e. The molecule has 1 heterocycles. The van der Waals surface area contributed by atoms with E-state index in [1.807, 2.05) is 37.5 Å². The first-order chi connectivity index (χ1) is 19.4. The number of benzene rings is 2. The van der Waals surface area contributed by atoms with Crippen molar-refractivity contribution in [1.29, 1.82) is 0 Å². The van der Waals surface area contributed by atoms with Gasteiger partial charge in [0.2, 0.25) is 5.91 Å². The van der Waals surface area contributed by atoms with Crippen molar-refractivity contribution in [3.05, 3.63) is 76.3 Å². The Morgan fingerprint density at radius 2 is 1.95 bits per heavy atom. The normalized spacial score (nSPS) is 27.6. The van der Waals surface area contributed by atoms with E-state index in [0.717, 1.165) is 67.5 Å². The number of nitrogens with zero attached hydrogens (tertiary/aromatic N) is 1. The van der Waals surface area contributed by atoms with E-state index in [0.29, 0.717) is 21.7 Å². The fourth-order valence-electron chi connectivity index (χ4n) is 7.55. The van der Waals surface area contributed by atoms with Crippen molar-refractivity contribution >= 4 is 35.1 Å². The average Bonchev–Trinajstić information content (AvgIpc) is 2.90. The molecule has 1 aliphatic carbocycles. The summed E-state index contributed by atoms with van der Waals surface area (Å²) < 4.78 is 13.1. The number of carbonyl (C=O) groups excluding carboxylic acids is 2. The van der Waals surface area contributed by atoms with Crippen molar-refractivity contribution in [3.63, 3.8) is 0 Å². The van der Waals surface area contributed by atoms with Crippen molar-refractivity contribution in [2.75, 3.05) is 33.3 Å². The second-order valence-corrected chi connectivity index (χ2v) is 13.2. The van der Waals surface area contributed by atoms with Gasteiger partial charge in [-0.25, -0.2) is 0 Å². The standard InChI is InChI=1S/C33H42Cl2N2O4/c1-6-15-37(21-23(2)3)16-14-32(26-8-7-9-28(19-26)41-24(4)38)20-27(12-13-33(32,22-37)40-5)36-31(39)18-25-10-11-29(34)30(35)17-25/h6-11,17,19,23,27H,1,12-16,18,20-22H2,2-5H3/p+1/t27-,32-,33?,37+/m1/s1. The van der Waals surface area contributed by atoms with Gasteiger partial charge in [-0.1, -0.05) is 61.8 Å². The lowest BCUT2D eigenvalue weighted by atomic mass is 9.54. The van der Waals surface area contributed by atoms with Crippen LogP contribution in [0.25, 0.3) is 0 Å². The summed E-state index contributed by atoms with van der Waals surface area (Å²) in [7, 11) is 1.83. The van der Waals surface area contributed by atoms with Crippen LogP contribution < -0.4 is 10.1 Å². The van der Waals surface area contributed by atoms with Crippen LogP contribution in [-0.2, 0) is 26.2 Å².